The zero-order valence-corrected chi connectivity index (χ0v) is 11.3. The number of aryl methyl sites for hydroxylation is 2. The molecule has 0 fully saturated rings. The second-order valence-electron chi connectivity index (χ2n) is 4.13. The van der Waals surface area contributed by atoms with Crippen LogP contribution in [0, 0.1) is 13.8 Å². The van der Waals surface area contributed by atoms with Crippen molar-refractivity contribution >= 4 is 29.0 Å². The van der Waals surface area contributed by atoms with Gasteiger partial charge in [-0.15, -0.1) is 0 Å². The smallest absolute Gasteiger partial charge is 0.257 e. The van der Waals surface area contributed by atoms with Crippen LogP contribution in [0.3, 0.4) is 0 Å². The van der Waals surface area contributed by atoms with E-state index < -0.39 is 0 Å². The van der Waals surface area contributed by atoms with Crippen LogP contribution in [0.25, 0.3) is 0 Å². The Morgan fingerprint density at radius 1 is 1.37 bits per heavy atom. The zero-order chi connectivity index (χ0) is 14.0. The standard InChI is InChI=1S/C13H13ClN4O/c1-7-3-4-11(8(2)17-7)18-13(19)9-5-12(15)16-6-10(9)14/h3-6H,1-2H3,(H2,15,16)(H,18,19). The second-order valence-corrected chi connectivity index (χ2v) is 4.54. The third-order valence-corrected chi connectivity index (χ3v) is 2.90. The number of hydrogen-bond donors (Lipinski definition) is 2. The molecular formula is C13H13ClN4O. The lowest BCUT2D eigenvalue weighted by Gasteiger charge is -2.09. The van der Waals surface area contributed by atoms with E-state index in [0.717, 1.165) is 11.4 Å². The molecule has 2 aromatic heterocycles. The minimum atomic E-state index is -0.340. The lowest BCUT2D eigenvalue weighted by Crippen LogP contribution is -2.14. The van der Waals surface area contributed by atoms with Crippen molar-refractivity contribution < 1.29 is 4.79 Å². The van der Waals surface area contributed by atoms with E-state index in [1.54, 1.807) is 6.07 Å². The predicted molar refractivity (Wildman–Crippen MR) is 75.3 cm³/mol. The highest BCUT2D eigenvalue weighted by Crippen LogP contribution is 2.19. The molecule has 0 bridgehead atoms. The van der Waals surface area contributed by atoms with Gasteiger partial charge in [-0.1, -0.05) is 11.6 Å². The number of pyridine rings is 2. The number of anilines is 2. The van der Waals surface area contributed by atoms with Crippen LogP contribution in [-0.2, 0) is 0 Å². The first-order valence-corrected chi connectivity index (χ1v) is 6.02. The second kappa shape index (κ2) is 5.24. The van der Waals surface area contributed by atoms with Gasteiger partial charge in [-0.05, 0) is 32.0 Å². The lowest BCUT2D eigenvalue weighted by atomic mass is 10.2. The number of rotatable bonds is 2. The minimum absolute atomic E-state index is 0.244. The summed E-state index contributed by atoms with van der Waals surface area (Å²) in [5, 5.41) is 3.01. The highest BCUT2D eigenvalue weighted by atomic mass is 35.5. The van der Waals surface area contributed by atoms with Crippen molar-refractivity contribution in [1.82, 2.24) is 9.97 Å². The van der Waals surface area contributed by atoms with Crippen molar-refractivity contribution in [2.75, 3.05) is 11.1 Å². The van der Waals surface area contributed by atoms with Gasteiger partial charge in [0.15, 0.2) is 0 Å². The molecule has 0 spiro atoms. The van der Waals surface area contributed by atoms with Crippen molar-refractivity contribution in [2.24, 2.45) is 0 Å². The SMILES string of the molecule is Cc1ccc(NC(=O)c2cc(N)ncc2Cl)c(C)n1. The number of carbonyl (C=O) groups is 1. The Morgan fingerprint density at radius 3 is 2.79 bits per heavy atom. The van der Waals surface area contributed by atoms with Crippen LogP contribution in [-0.4, -0.2) is 15.9 Å². The maximum absolute atomic E-state index is 12.1. The van der Waals surface area contributed by atoms with Gasteiger partial charge in [-0.25, -0.2) is 4.98 Å². The number of nitrogens with two attached hydrogens (primary N) is 1. The van der Waals surface area contributed by atoms with Crippen LogP contribution in [0.5, 0.6) is 0 Å². The van der Waals surface area contributed by atoms with Crippen LogP contribution in [0.15, 0.2) is 24.4 Å². The Kier molecular flexibility index (Phi) is 3.66. The van der Waals surface area contributed by atoms with E-state index in [-0.39, 0.29) is 22.3 Å². The molecule has 98 valence electrons. The fraction of sp³-hybridized carbons (Fsp3) is 0.154. The fourth-order valence-electron chi connectivity index (χ4n) is 1.64. The van der Waals surface area contributed by atoms with Gasteiger partial charge in [0.2, 0.25) is 0 Å². The average molecular weight is 277 g/mol. The van der Waals surface area contributed by atoms with E-state index in [4.69, 9.17) is 17.3 Å². The Morgan fingerprint density at radius 2 is 2.11 bits per heavy atom. The zero-order valence-electron chi connectivity index (χ0n) is 10.6. The molecule has 0 saturated heterocycles. The van der Waals surface area contributed by atoms with Crippen molar-refractivity contribution in [2.45, 2.75) is 13.8 Å². The van der Waals surface area contributed by atoms with Crippen LogP contribution in [0.1, 0.15) is 21.7 Å². The van der Waals surface area contributed by atoms with E-state index in [2.05, 4.69) is 15.3 Å². The molecule has 19 heavy (non-hydrogen) atoms. The van der Waals surface area contributed by atoms with Gasteiger partial charge in [0, 0.05) is 11.9 Å². The van der Waals surface area contributed by atoms with Crippen molar-refractivity contribution in [3.63, 3.8) is 0 Å². The largest absolute Gasteiger partial charge is 0.384 e. The van der Waals surface area contributed by atoms with Gasteiger partial charge in [0.25, 0.3) is 5.91 Å². The average Bonchev–Trinajstić information content (AvgIpc) is 2.35. The van der Waals surface area contributed by atoms with Crippen LogP contribution < -0.4 is 11.1 Å². The summed E-state index contributed by atoms with van der Waals surface area (Å²) < 4.78 is 0. The molecule has 2 aromatic rings. The van der Waals surface area contributed by atoms with Crippen molar-refractivity contribution in [3.8, 4) is 0 Å². The van der Waals surface area contributed by atoms with E-state index in [1.807, 2.05) is 19.9 Å². The summed E-state index contributed by atoms with van der Waals surface area (Å²) >= 11 is 5.93. The molecule has 6 heteroatoms. The molecule has 0 aliphatic heterocycles. The Balaban J connectivity index is 2.28. The molecule has 3 N–H and O–H groups in total. The molecule has 0 aliphatic carbocycles. The molecular weight excluding hydrogens is 264 g/mol. The van der Waals surface area contributed by atoms with Crippen LogP contribution in [0.2, 0.25) is 5.02 Å². The number of halogens is 1. The van der Waals surface area contributed by atoms with Crippen LogP contribution >= 0.6 is 11.6 Å². The van der Waals surface area contributed by atoms with E-state index in [9.17, 15) is 4.79 Å². The predicted octanol–water partition coefficient (Wildman–Crippen LogP) is 2.58. The summed E-state index contributed by atoms with van der Waals surface area (Å²) in [6, 6.07) is 5.06. The fourth-order valence-corrected chi connectivity index (χ4v) is 1.83. The number of nitrogens with one attached hydrogen (secondary N) is 1. The van der Waals surface area contributed by atoms with Gasteiger partial charge in [-0.2, -0.15) is 0 Å². The van der Waals surface area contributed by atoms with Crippen molar-refractivity contribution in [3.05, 3.63) is 46.4 Å². The van der Waals surface area contributed by atoms with E-state index in [0.29, 0.717) is 5.69 Å². The number of amides is 1. The number of carbonyl (C=O) groups excluding carboxylic acids is 1. The third kappa shape index (κ3) is 3.00. The molecule has 0 aliphatic rings. The highest BCUT2D eigenvalue weighted by molar-refractivity contribution is 6.34. The Bertz CT molecular complexity index is 643. The first-order valence-electron chi connectivity index (χ1n) is 5.64. The number of nitrogens with zero attached hydrogens (tertiary/aromatic N) is 2. The minimum Gasteiger partial charge on any atom is -0.384 e. The molecule has 2 heterocycles. The normalized spacial score (nSPS) is 10.3. The number of aromatic nitrogens is 2. The molecule has 5 nitrogen and oxygen atoms in total. The third-order valence-electron chi connectivity index (χ3n) is 2.59. The van der Waals surface area contributed by atoms with E-state index >= 15 is 0 Å². The summed E-state index contributed by atoms with van der Waals surface area (Å²) in [5.41, 5.74) is 8.11. The maximum atomic E-state index is 12.1. The summed E-state index contributed by atoms with van der Waals surface area (Å²) in [5.74, 6) is -0.0962. The van der Waals surface area contributed by atoms with Gasteiger partial charge in [0.05, 0.1) is 22.0 Å². The first kappa shape index (κ1) is 13.3. The Hall–Kier alpha value is -2.14. The molecule has 0 radical (unpaired) electrons. The molecule has 2 rings (SSSR count). The van der Waals surface area contributed by atoms with Gasteiger partial charge in [-0.3, -0.25) is 9.78 Å². The molecule has 1 amide bonds. The monoisotopic (exact) mass is 276 g/mol. The number of nitrogen functional groups attached to an aromatic ring is 1. The van der Waals surface area contributed by atoms with Gasteiger partial charge < -0.3 is 11.1 Å². The summed E-state index contributed by atoms with van der Waals surface area (Å²) in [6.07, 6.45) is 1.35. The highest BCUT2D eigenvalue weighted by Gasteiger charge is 2.13. The lowest BCUT2D eigenvalue weighted by molar-refractivity contribution is 0.102. The first-order chi connectivity index (χ1) is 8.97. The number of hydrogen-bond acceptors (Lipinski definition) is 4. The maximum Gasteiger partial charge on any atom is 0.257 e. The molecule has 0 saturated carbocycles. The quantitative estimate of drug-likeness (QED) is 0.883. The van der Waals surface area contributed by atoms with Gasteiger partial charge >= 0.3 is 0 Å². The van der Waals surface area contributed by atoms with E-state index in [1.165, 1.54) is 12.3 Å². The summed E-state index contributed by atoms with van der Waals surface area (Å²) in [4.78, 5) is 20.2. The van der Waals surface area contributed by atoms with Crippen molar-refractivity contribution in [1.29, 1.82) is 0 Å². The Labute approximate surface area is 115 Å². The van der Waals surface area contributed by atoms with Gasteiger partial charge in [0.1, 0.15) is 5.82 Å². The molecule has 0 aromatic carbocycles. The molecule has 0 unspecified atom stereocenters. The van der Waals surface area contributed by atoms with Crippen LogP contribution in [0.4, 0.5) is 11.5 Å². The summed E-state index contributed by atoms with van der Waals surface area (Å²) in [7, 11) is 0. The summed E-state index contributed by atoms with van der Waals surface area (Å²) in [6.45, 7) is 3.71. The molecule has 0 atom stereocenters. The topological polar surface area (TPSA) is 80.9 Å².